The lowest BCUT2D eigenvalue weighted by molar-refractivity contribution is 1.10. The van der Waals surface area contributed by atoms with Crippen molar-refractivity contribution in [1.82, 2.24) is 9.97 Å². The van der Waals surface area contributed by atoms with E-state index in [2.05, 4.69) is 9.97 Å². The molecule has 2 aromatic rings. The largest absolute Gasteiger partial charge is 0.306 e. The minimum Gasteiger partial charge on any atom is -0.306 e. The number of H-pyrrole nitrogens is 1. The molecule has 1 heterocycles. The average Bonchev–Trinajstić information content (AvgIpc) is 2.26. The van der Waals surface area contributed by atoms with Crippen molar-refractivity contribution < 1.29 is 0 Å². The van der Waals surface area contributed by atoms with Crippen LogP contribution in [0, 0.1) is 17.4 Å². The second-order valence-corrected chi connectivity index (χ2v) is 4.89. The number of hydrogen-bond donors (Lipinski definition) is 1. The van der Waals surface area contributed by atoms with Crippen LogP contribution < -0.4 is 5.56 Å². The summed E-state index contributed by atoms with van der Waals surface area (Å²) in [6.07, 6.45) is 1.59. The van der Waals surface area contributed by atoms with Gasteiger partial charge < -0.3 is 4.98 Å². The summed E-state index contributed by atoms with van der Waals surface area (Å²) in [6, 6.07) is 6.10. The molecule has 0 aliphatic heterocycles. The predicted octanol–water partition coefficient (Wildman–Crippen LogP) is 2.66. The summed E-state index contributed by atoms with van der Waals surface area (Å²) in [7, 11) is 0. The van der Waals surface area contributed by atoms with Crippen LogP contribution in [0.2, 0.25) is 0 Å². The number of hydrogen-bond acceptors (Lipinski definition) is 2. The van der Waals surface area contributed by atoms with E-state index in [0.29, 0.717) is 9.39 Å². The van der Waals surface area contributed by atoms with E-state index in [0.717, 1.165) is 16.7 Å². The first-order valence-electron chi connectivity index (χ1n) is 4.90. The summed E-state index contributed by atoms with van der Waals surface area (Å²) < 4.78 is 0.603. The lowest BCUT2D eigenvalue weighted by Gasteiger charge is -2.06. The van der Waals surface area contributed by atoms with Gasteiger partial charge in [-0.1, -0.05) is 17.7 Å². The van der Waals surface area contributed by atoms with Gasteiger partial charge in [-0.05, 0) is 48.1 Å². The molecule has 0 aliphatic rings. The van der Waals surface area contributed by atoms with Crippen LogP contribution >= 0.6 is 22.6 Å². The van der Waals surface area contributed by atoms with Crippen molar-refractivity contribution in [2.45, 2.75) is 13.8 Å². The van der Waals surface area contributed by atoms with Crippen LogP contribution in [0.4, 0.5) is 0 Å². The summed E-state index contributed by atoms with van der Waals surface area (Å²) in [5, 5.41) is 0. The Morgan fingerprint density at radius 1 is 1.31 bits per heavy atom. The van der Waals surface area contributed by atoms with Gasteiger partial charge in [-0.25, -0.2) is 4.98 Å². The van der Waals surface area contributed by atoms with E-state index in [1.54, 1.807) is 6.20 Å². The van der Waals surface area contributed by atoms with Gasteiger partial charge in [0.2, 0.25) is 0 Å². The molecule has 1 N–H and O–H groups in total. The molecule has 0 radical (unpaired) electrons. The number of rotatable bonds is 1. The zero-order valence-electron chi connectivity index (χ0n) is 9.04. The topological polar surface area (TPSA) is 45.8 Å². The Hall–Kier alpha value is -1.17. The van der Waals surface area contributed by atoms with Crippen LogP contribution in [0.3, 0.4) is 0 Å². The number of aromatic nitrogens is 2. The highest BCUT2D eigenvalue weighted by molar-refractivity contribution is 14.1. The molecular formula is C12H11IN2O. The third-order valence-electron chi connectivity index (χ3n) is 2.40. The van der Waals surface area contributed by atoms with E-state index in [4.69, 9.17) is 0 Å². The number of benzene rings is 1. The fourth-order valence-electron chi connectivity index (χ4n) is 1.51. The average molecular weight is 326 g/mol. The third-order valence-corrected chi connectivity index (χ3v) is 3.17. The van der Waals surface area contributed by atoms with E-state index >= 15 is 0 Å². The van der Waals surface area contributed by atoms with Crippen LogP contribution in [-0.4, -0.2) is 9.97 Å². The lowest BCUT2D eigenvalue weighted by atomic mass is 10.1. The first-order valence-corrected chi connectivity index (χ1v) is 5.98. The molecule has 1 aromatic heterocycles. The molecule has 0 saturated heterocycles. The molecule has 0 spiro atoms. The minimum atomic E-state index is -0.0912. The molecule has 0 amide bonds. The van der Waals surface area contributed by atoms with Crippen LogP contribution in [-0.2, 0) is 0 Å². The smallest absolute Gasteiger partial charge is 0.264 e. The summed E-state index contributed by atoms with van der Waals surface area (Å²) in [5.74, 6) is 0.631. The van der Waals surface area contributed by atoms with Crippen molar-refractivity contribution in [1.29, 1.82) is 0 Å². The SMILES string of the molecule is Cc1ccc(C)c(-c2ncc(I)c(=O)[nH]2)c1. The van der Waals surface area contributed by atoms with Gasteiger partial charge >= 0.3 is 0 Å². The molecule has 0 aliphatic carbocycles. The van der Waals surface area contributed by atoms with Crippen molar-refractivity contribution in [3.8, 4) is 11.4 Å². The molecule has 1 aromatic carbocycles. The van der Waals surface area contributed by atoms with Crippen LogP contribution in [0.15, 0.2) is 29.2 Å². The lowest BCUT2D eigenvalue weighted by Crippen LogP contribution is -2.11. The zero-order chi connectivity index (χ0) is 11.7. The summed E-state index contributed by atoms with van der Waals surface area (Å²) in [5.41, 5.74) is 3.15. The van der Waals surface area contributed by atoms with Gasteiger partial charge in [0.1, 0.15) is 5.82 Å². The molecule has 16 heavy (non-hydrogen) atoms. The molecule has 0 bridgehead atoms. The highest BCUT2D eigenvalue weighted by atomic mass is 127. The second-order valence-electron chi connectivity index (χ2n) is 3.73. The van der Waals surface area contributed by atoms with Crippen LogP contribution in [0.1, 0.15) is 11.1 Å². The van der Waals surface area contributed by atoms with E-state index in [-0.39, 0.29) is 5.56 Å². The number of nitrogens with one attached hydrogen (secondary N) is 1. The maximum absolute atomic E-state index is 11.5. The predicted molar refractivity (Wildman–Crippen MR) is 72.5 cm³/mol. The van der Waals surface area contributed by atoms with E-state index in [1.165, 1.54) is 0 Å². The number of aryl methyl sites for hydroxylation is 2. The van der Waals surface area contributed by atoms with Gasteiger partial charge in [-0.15, -0.1) is 0 Å². The van der Waals surface area contributed by atoms with Gasteiger partial charge in [0.25, 0.3) is 5.56 Å². The Kier molecular flexibility index (Phi) is 3.09. The van der Waals surface area contributed by atoms with Crippen LogP contribution in [0.25, 0.3) is 11.4 Å². The molecular weight excluding hydrogens is 315 g/mol. The quantitative estimate of drug-likeness (QED) is 0.819. The number of nitrogens with zero attached hydrogens (tertiary/aromatic N) is 1. The monoisotopic (exact) mass is 326 g/mol. The normalized spacial score (nSPS) is 10.4. The third kappa shape index (κ3) is 2.16. The molecule has 0 fully saturated rings. The summed E-state index contributed by atoms with van der Waals surface area (Å²) in [6.45, 7) is 4.03. The Morgan fingerprint density at radius 3 is 2.75 bits per heavy atom. The molecule has 0 atom stereocenters. The van der Waals surface area contributed by atoms with Gasteiger partial charge in [-0.3, -0.25) is 4.79 Å². The van der Waals surface area contributed by atoms with Crippen molar-refractivity contribution in [2.24, 2.45) is 0 Å². The summed E-state index contributed by atoms with van der Waals surface area (Å²) >= 11 is 1.97. The minimum absolute atomic E-state index is 0.0912. The Morgan fingerprint density at radius 2 is 2.06 bits per heavy atom. The van der Waals surface area contributed by atoms with Gasteiger partial charge in [0, 0.05) is 11.8 Å². The van der Waals surface area contributed by atoms with E-state index in [1.807, 2.05) is 54.6 Å². The highest BCUT2D eigenvalue weighted by Gasteiger charge is 2.05. The first-order chi connectivity index (χ1) is 7.58. The highest BCUT2D eigenvalue weighted by Crippen LogP contribution is 2.20. The second kappa shape index (κ2) is 4.37. The molecule has 0 unspecified atom stereocenters. The molecule has 2 rings (SSSR count). The first kappa shape index (κ1) is 11.3. The van der Waals surface area contributed by atoms with Crippen molar-refractivity contribution in [3.05, 3.63) is 49.4 Å². The zero-order valence-corrected chi connectivity index (χ0v) is 11.2. The standard InChI is InChI=1S/C12H11IN2O/c1-7-3-4-8(2)9(5-7)11-14-6-10(13)12(16)15-11/h3-6H,1-2H3,(H,14,15,16). The molecule has 0 saturated carbocycles. The van der Waals surface area contributed by atoms with Gasteiger partial charge in [-0.2, -0.15) is 0 Å². The molecule has 4 heteroatoms. The van der Waals surface area contributed by atoms with Gasteiger partial charge in [0.05, 0.1) is 3.57 Å². The van der Waals surface area contributed by atoms with Gasteiger partial charge in [0.15, 0.2) is 0 Å². The Labute approximate surface area is 107 Å². The van der Waals surface area contributed by atoms with Crippen molar-refractivity contribution in [2.75, 3.05) is 0 Å². The molecule has 3 nitrogen and oxygen atoms in total. The van der Waals surface area contributed by atoms with Crippen LogP contribution in [0.5, 0.6) is 0 Å². The fraction of sp³-hybridized carbons (Fsp3) is 0.167. The Balaban J connectivity index is 2.63. The summed E-state index contributed by atoms with van der Waals surface area (Å²) in [4.78, 5) is 18.5. The maximum Gasteiger partial charge on any atom is 0.264 e. The van der Waals surface area contributed by atoms with Crippen molar-refractivity contribution in [3.63, 3.8) is 0 Å². The maximum atomic E-state index is 11.5. The fourth-order valence-corrected chi connectivity index (χ4v) is 1.78. The Bertz CT molecular complexity index is 590. The molecule has 82 valence electrons. The number of halogens is 1. The van der Waals surface area contributed by atoms with Crippen molar-refractivity contribution >= 4 is 22.6 Å². The van der Waals surface area contributed by atoms with E-state index in [9.17, 15) is 4.79 Å². The van der Waals surface area contributed by atoms with E-state index < -0.39 is 0 Å². The number of aromatic amines is 1.